The van der Waals surface area contributed by atoms with Crippen LogP contribution in [0.2, 0.25) is 0 Å². The zero-order chi connectivity index (χ0) is 21.1. The Morgan fingerprint density at radius 1 is 1.00 bits per heavy atom. The van der Waals surface area contributed by atoms with Crippen LogP contribution in [-0.2, 0) is 20.9 Å². The number of amides is 2. The predicted octanol–water partition coefficient (Wildman–Crippen LogP) is -0.911. The fourth-order valence-corrected chi connectivity index (χ4v) is 4.42. The van der Waals surface area contributed by atoms with Crippen LogP contribution in [0, 0.1) is 0 Å². The summed E-state index contributed by atoms with van der Waals surface area (Å²) in [7, 11) is 1.32. The summed E-state index contributed by atoms with van der Waals surface area (Å²) in [6.07, 6.45) is 0.237. The number of benzene rings is 2. The lowest BCUT2D eigenvalue weighted by molar-refractivity contribution is -1.02. The lowest BCUT2D eigenvalue weighted by atomic mass is 10.1. The average molecular weight is 409 g/mol. The number of nitrogens with zero attached hydrogens (tertiary/aromatic N) is 1. The normalized spacial score (nSPS) is 24.2. The fraction of sp³-hybridized carbons (Fsp3) is 0.348. The Morgan fingerprint density at radius 2 is 1.67 bits per heavy atom. The van der Waals surface area contributed by atoms with E-state index in [-0.39, 0.29) is 24.3 Å². The first kappa shape index (κ1) is 20.3. The van der Waals surface area contributed by atoms with E-state index < -0.39 is 5.97 Å². The molecule has 30 heavy (non-hydrogen) atoms. The number of piperazine rings is 1. The van der Waals surface area contributed by atoms with Crippen LogP contribution in [0.1, 0.15) is 22.3 Å². The predicted molar refractivity (Wildman–Crippen MR) is 110 cm³/mol. The zero-order valence-corrected chi connectivity index (χ0v) is 17.1. The smallest absolute Gasteiger partial charge is 0.337 e. The summed E-state index contributed by atoms with van der Waals surface area (Å²) in [6, 6.07) is 16.5. The number of carbonyl (C=O) groups excluding carboxylic acids is 3. The highest BCUT2D eigenvalue weighted by molar-refractivity contribution is 6.21. The number of carbonyl (C=O) groups is 3. The van der Waals surface area contributed by atoms with Crippen molar-refractivity contribution in [2.45, 2.75) is 19.0 Å². The molecule has 156 valence electrons. The lowest BCUT2D eigenvalue weighted by Gasteiger charge is -2.32. The second-order valence-corrected chi connectivity index (χ2v) is 7.93. The Bertz CT molecular complexity index is 921. The number of methoxy groups -OCH3 is 1. The molecule has 2 fully saturated rings. The van der Waals surface area contributed by atoms with Gasteiger partial charge in [0.25, 0.3) is 5.91 Å². The minimum absolute atomic E-state index is 0.146. The molecule has 0 aromatic heterocycles. The highest BCUT2D eigenvalue weighted by Crippen LogP contribution is 2.22. The SMILES string of the molecule is COC(=O)c1ccc(N2C(=O)C[C@@H]([NH+]3CC[NH+](Cc4ccccc4)CC3)C2=O)cc1. The fourth-order valence-electron chi connectivity index (χ4n) is 4.42. The molecule has 7 nitrogen and oxygen atoms in total. The van der Waals surface area contributed by atoms with Gasteiger partial charge in [0.1, 0.15) is 32.7 Å². The Balaban J connectivity index is 1.38. The number of quaternary nitrogens is 2. The van der Waals surface area contributed by atoms with Crippen molar-refractivity contribution in [3.8, 4) is 0 Å². The van der Waals surface area contributed by atoms with Crippen molar-refractivity contribution in [3.63, 3.8) is 0 Å². The molecule has 0 spiro atoms. The van der Waals surface area contributed by atoms with E-state index in [1.807, 2.05) is 6.07 Å². The van der Waals surface area contributed by atoms with E-state index in [0.29, 0.717) is 11.3 Å². The molecule has 2 aromatic carbocycles. The van der Waals surface area contributed by atoms with Gasteiger partial charge in [-0.05, 0) is 24.3 Å². The summed E-state index contributed by atoms with van der Waals surface area (Å²) >= 11 is 0. The molecule has 2 aromatic rings. The summed E-state index contributed by atoms with van der Waals surface area (Å²) in [4.78, 5) is 41.2. The van der Waals surface area contributed by atoms with E-state index in [1.54, 1.807) is 24.3 Å². The molecule has 0 bridgehead atoms. The molecule has 0 aliphatic carbocycles. The van der Waals surface area contributed by atoms with Crippen LogP contribution in [0.15, 0.2) is 54.6 Å². The summed E-state index contributed by atoms with van der Waals surface area (Å²) in [5, 5.41) is 0. The highest BCUT2D eigenvalue weighted by atomic mass is 16.5. The molecular formula is C23H27N3O4+2. The van der Waals surface area contributed by atoms with Gasteiger partial charge >= 0.3 is 5.97 Å². The third-order valence-electron chi connectivity index (χ3n) is 6.08. The summed E-state index contributed by atoms with van der Waals surface area (Å²) in [6.45, 7) is 4.71. The first-order chi connectivity index (χ1) is 14.6. The first-order valence-electron chi connectivity index (χ1n) is 10.3. The zero-order valence-electron chi connectivity index (χ0n) is 17.1. The van der Waals surface area contributed by atoms with Gasteiger partial charge < -0.3 is 14.5 Å². The quantitative estimate of drug-likeness (QED) is 0.496. The van der Waals surface area contributed by atoms with E-state index in [0.717, 1.165) is 32.7 Å². The molecule has 2 heterocycles. The van der Waals surface area contributed by atoms with Crippen molar-refractivity contribution >= 4 is 23.5 Å². The van der Waals surface area contributed by atoms with Gasteiger partial charge in [0.05, 0.1) is 24.8 Å². The third kappa shape index (κ3) is 4.13. The van der Waals surface area contributed by atoms with Crippen molar-refractivity contribution < 1.29 is 28.9 Å². The molecule has 1 atom stereocenters. The Labute approximate surface area is 175 Å². The van der Waals surface area contributed by atoms with Crippen LogP contribution in [0.3, 0.4) is 0 Å². The Kier molecular flexibility index (Phi) is 5.92. The van der Waals surface area contributed by atoms with Crippen LogP contribution in [0.5, 0.6) is 0 Å². The molecule has 0 saturated carbocycles. The second-order valence-electron chi connectivity index (χ2n) is 7.93. The van der Waals surface area contributed by atoms with Crippen molar-refractivity contribution in [2.75, 3.05) is 38.2 Å². The van der Waals surface area contributed by atoms with E-state index in [2.05, 4.69) is 24.3 Å². The van der Waals surface area contributed by atoms with Gasteiger partial charge in [0.15, 0.2) is 6.04 Å². The van der Waals surface area contributed by atoms with Gasteiger partial charge in [-0.15, -0.1) is 0 Å². The topological polar surface area (TPSA) is 72.6 Å². The minimum Gasteiger partial charge on any atom is -0.465 e. The molecule has 2 N–H and O–H groups in total. The van der Waals surface area contributed by atoms with Crippen LogP contribution in [0.4, 0.5) is 5.69 Å². The number of anilines is 1. The molecule has 2 amide bonds. The molecular weight excluding hydrogens is 382 g/mol. The average Bonchev–Trinajstić information content (AvgIpc) is 3.08. The van der Waals surface area contributed by atoms with Gasteiger partial charge in [0.2, 0.25) is 5.91 Å². The monoisotopic (exact) mass is 409 g/mol. The van der Waals surface area contributed by atoms with Gasteiger partial charge in [-0.25, -0.2) is 9.69 Å². The molecule has 4 rings (SSSR count). The second kappa shape index (κ2) is 8.77. The number of esters is 1. The van der Waals surface area contributed by atoms with Gasteiger partial charge in [-0.3, -0.25) is 9.59 Å². The van der Waals surface area contributed by atoms with Crippen molar-refractivity contribution in [3.05, 3.63) is 65.7 Å². The van der Waals surface area contributed by atoms with Gasteiger partial charge in [-0.2, -0.15) is 0 Å². The maximum atomic E-state index is 13.0. The summed E-state index contributed by atoms with van der Waals surface area (Å²) < 4.78 is 4.69. The summed E-state index contributed by atoms with van der Waals surface area (Å²) in [5.74, 6) is -0.770. The maximum absolute atomic E-state index is 13.0. The molecule has 7 heteroatoms. The minimum atomic E-state index is -0.446. The number of hydrogen-bond donors (Lipinski definition) is 2. The standard InChI is InChI=1S/C23H25N3O4/c1-30-23(29)18-7-9-19(10-8-18)26-21(27)15-20(22(26)28)25-13-11-24(12-14-25)16-17-5-3-2-4-6-17/h2-10,20H,11-16H2,1H3/p+2/t20-/m1/s1. The number of nitrogens with one attached hydrogen (secondary N) is 2. The number of hydrogen-bond acceptors (Lipinski definition) is 4. The number of rotatable bonds is 5. The van der Waals surface area contributed by atoms with Crippen molar-refractivity contribution in [2.24, 2.45) is 0 Å². The molecule has 0 radical (unpaired) electrons. The molecule has 0 unspecified atom stereocenters. The van der Waals surface area contributed by atoms with Gasteiger partial charge in [-0.1, -0.05) is 30.3 Å². The van der Waals surface area contributed by atoms with Gasteiger partial charge in [0, 0.05) is 5.56 Å². The van der Waals surface area contributed by atoms with E-state index in [9.17, 15) is 14.4 Å². The molecule has 2 aliphatic heterocycles. The third-order valence-corrected chi connectivity index (χ3v) is 6.08. The molecule has 2 aliphatic rings. The van der Waals surface area contributed by atoms with Crippen molar-refractivity contribution in [1.29, 1.82) is 0 Å². The number of imide groups is 1. The van der Waals surface area contributed by atoms with Crippen molar-refractivity contribution in [1.82, 2.24) is 0 Å². The van der Waals surface area contributed by atoms with Crippen LogP contribution < -0.4 is 14.7 Å². The van der Waals surface area contributed by atoms with Crippen LogP contribution >= 0.6 is 0 Å². The largest absolute Gasteiger partial charge is 0.465 e. The van der Waals surface area contributed by atoms with Crippen LogP contribution in [0.25, 0.3) is 0 Å². The Morgan fingerprint density at radius 3 is 2.30 bits per heavy atom. The highest BCUT2D eigenvalue weighted by Gasteiger charge is 2.46. The van der Waals surface area contributed by atoms with E-state index >= 15 is 0 Å². The number of ether oxygens (including phenoxy) is 1. The van der Waals surface area contributed by atoms with E-state index in [1.165, 1.54) is 27.4 Å². The summed E-state index contributed by atoms with van der Waals surface area (Å²) in [5.41, 5.74) is 2.22. The van der Waals surface area contributed by atoms with E-state index in [4.69, 9.17) is 4.74 Å². The Hall–Kier alpha value is -3.03. The lowest BCUT2D eigenvalue weighted by Crippen LogP contribution is -3.29. The first-order valence-corrected chi connectivity index (χ1v) is 10.3. The molecule has 2 saturated heterocycles. The van der Waals surface area contributed by atoms with Crippen LogP contribution in [-0.4, -0.2) is 57.1 Å². The maximum Gasteiger partial charge on any atom is 0.337 e.